The van der Waals surface area contributed by atoms with E-state index in [0.717, 1.165) is 27.5 Å². The summed E-state index contributed by atoms with van der Waals surface area (Å²) in [5, 5.41) is 2.20. The van der Waals surface area contributed by atoms with Gasteiger partial charge in [0.25, 0.3) is 0 Å². The average Bonchev–Trinajstić information content (AvgIpc) is 2.67. The van der Waals surface area contributed by atoms with Crippen LogP contribution in [0, 0.1) is 6.92 Å². The van der Waals surface area contributed by atoms with Gasteiger partial charge in [-0.25, -0.2) is 0 Å². The zero-order valence-corrected chi connectivity index (χ0v) is 15.4. The van der Waals surface area contributed by atoms with Crippen molar-refractivity contribution in [3.05, 3.63) is 83.4 Å². The minimum absolute atomic E-state index is 0.117. The topological polar surface area (TPSA) is 69.4 Å². The molecule has 0 heterocycles. The normalized spacial score (nSPS) is 11.9. The van der Waals surface area contributed by atoms with Crippen molar-refractivity contribution in [3.8, 4) is 0 Å². The molecule has 1 atom stereocenters. The second-order valence-electron chi connectivity index (χ2n) is 6.73. The second-order valence-corrected chi connectivity index (χ2v) is 6.73. The SMILES string of the molecule is Cc1ccc2ccccc2c1COC(=O)C[C@H](CC(N)=O)c1ccccc1. The molecule has 3 aromatic rings. The molecule has 0 radical (unpaired) electrons. The second kappa shape index (κ2) is 8.49. The molecular formula is C23H23NO3. The van der Waals surface area contributed by atoms with Gasteiger partial charge in [0.2, 0.25) is 5.91 Å². The summed E-state index contributed by atoms with van der Waals surface area (Å²) in [4.78, 5) is 23.9. The minimum Gasteiger partial charge on any atom is -0.461 e. The van der Waals surface area contributed by atoms with Gasteiger partial charge in [0, 0.05) is 17.9 Å². The maximum Gasteiger partial charge on any atom is 0.306 e. The minimum atomic E-state index is -0.429. The van der Waals surface area contributed by atoms with E-state index in [4.69, 9.17) is 10.5 Å². The predicted octanol–water partition coefficient (Wildman–Crippen LogP) is 4.24. The Labute approximate surface area is 159 Å². The molecule has 0 saturated heterocycles. The van der Waals surface area contributed by atoms with Crippen LogP contribution in [0.1, 0.15) is 35.4 Å². The number of benzene rings is 3. The van der Waals surface area contributed by atoms with Crippen LogP contribution in [0.25, 0.3) is 10.8 Å². The summed E-state index contributed by atoms with van der Waals surface area (Å²) < 4.78 is 5.56. The van der Waals surface area contributed by atoms with Crippen molar-refractivity contribution in [1.82, 2.24) is 0 Å². The van der Waals surface area contributed by atoms with E-state index in [1.54, 1.807) is 0 Å². The van der Waals surface area contributed by atoms with Gasteiger partial charge in [-0.2, -0.15) is 0 Å². The van der Waals surface area contributed by atoms with Crippen molar-refractivity contribution in [2.24, 2.45) is 5.73 Å². The number of hydrogen-bond donors (Lipinski definition) is 1. The lowest BCUT2D eigenvalue weighted by Crippen LogP contribution is -2.18. The molecule has 4 nitrogen and oxygen atoms in total. The van der Waals surface area contributed by atoms with Crippen LogP contribution in [0.15, 0.2) is 66.7 Å². The molecule has 3 rings (SSSR count). The Morgan fingerprint density at radius 2 is 1.63 bits per heavy atom. The standard InChI is InChI=1S/C23H23NO3/c1-16-11-12-18-9-5-6-10-20(18)21(16)15-27-23(26)14-19(13-22(24)25)17-7-3-2-4-8-17/h2-12,19H,13-15H2,1H3,(H2,24,25)/t19-/m0/s1. The van der Waals surface area contributed by atoms with E-state index in [0.29, 0.717) is 0 Å². The number of amides is 1. The highest BCUT2D eigenvalue weighted by Gasteiger charge is 2.19. The summed E-state index contributed by atoms with van der Waals surface area (Å²) in [5.74, 6) is -1.04. The zero-order chi connectivity index (χ0) is 19.2. The molecule has 4 heteroatoms. The highest BCUT2D eigenvalue weighted by Crippen LogP contribution is 2.26. The fraction of sp³-hybridized carbons (Fsp3) is 0.217. The van der Waals surface area contributed by atoms with Gasteiger partial charge >= 0.3 is 5.97 Å². The molecule has 27 heavy (non-hydrogen) atoms. The lowest BCUT2D eigenvalue weighted by Gasteiger charge is -2.16. The Hall–Kier alpha value is -3.14. The summed E-state index contributed by atoms with van der Waals surface area (Å²) in [5.41, 5.74) is 8.36. The number of primary amides is 1. The van der Waals surface area contributed by atoms with Gasteiger partial charge in [-0.05, 0) is 28.8 Å². The molecule has 0 aliphatic carbocycles. The van der Waals surface area contributed by atoms with Crippen LogP contribution in [0.4, 0.5) is 0 Å². The van der Waals surface area contributed by atoms with Crippen LogP contribution in [-0.4, -0.2) is 11.9 Å². The van der Waals surface area contributed by atoms with E-state index in [-0.39, 0.29) is 31.3 Å². The van der Waals surface area contributed by atoms with E-state index >= 15 is 0 Å². The van der Waals surface area contributed by atoms with Gasteiger partial charge in [0.15, 0.2) is 0 Å². The maximum atomic E-state index is 12.5. The Morgan fingerprint density at radius 1 is 0.926 bits per heavy atom. The van der Waals surface area contributed by atoms with Gasteiger partial charge in [-0.15, -0.1) is 0 Å². The number of esters is 1. The van der Waals surface area contributed by atoms with E-state index in [2.05, 4.69) is 6.07 Å². The maximum absolute atomic E-state index is 12.5. The number of carbonyl (C=O) groups excluding carboxylic acids is 2. The van der Waals surface area contributed by atoms with Crippen molar-refractivity contribution in [2.45, 2.75) is 32.3 Å². The fourth-order valence-electron chi connectivity index (χ4n) is 3.33. The molecule has 0 aliphatic heterocycles. The molecule has 138 valence electrons. The molecule has 0 saturated carbocycles. The van der Waals surface area contributed by atoms with Crippen molar-refractivity contribution in [1.29, 1.82) is 0 Å². The molecule has 0 aromatic heterocycles. The smallest absolute Gasteiger partial charge is 0.306 e. The van der Waals surface area contributed by atoms with E-state index in [1.165, 1.54) is 0 Å². The van der Waals surface area contributed by atoms with E-state index in [9.17, 15) is 9.59 Å². The van der Waals surface area contributed by atoms with Gasteiger partial charge < -0.3 is 10.5 Å². The molecule has 0 fully saturated rings. The Balaban J connectivity index is 1.72. The van der Waals surface area contributed by atoms with Crippen molar-refractivity contribution < 1.29 is 14.3 Å². The summed E-state index contributed by atoms with van der Waals surface area (Å²) in [6, 6.07) is 21.6. The first-order valence-corrected chi connectivity index (χ1v) is 9.00. The fourth-order valence-corrected chi connectivity index (χ4v) is 3.33. The van der Waals surface area contributed by atoms with Crippen molar-refractivity contribution >= 4 is 22.6 Å². The average molecular weight is 361 g/mol. The molecular weight excluding hydrogens is 338 g/mol. The van der Waals surface area contributed by atoms with Crippen LogP contribution in [0.2, 0.25) is 0 Å². The quantitative estimate of drug-likeness (QED) is 0.640. The monoisotopic (exact) mass is 361 g/mol. The summed E-state index contributed by atoms with van der Waals surface area (Å²) in [6.45, 7) is 2.22. The molecule has 3 aromatic carbocycles. The highest BCUT2D eigenvalue weighted by atomic mass is 16.5. The largest absolute Gasteiger partial charge is 0.461 e. The van der Waals surface area contributed by atoms with Gasteiger partial charge in [-0.1, -0.05) is 66.7 Å². The molecule has 0 bridgehead atoms. The number of rotatable bonds is 7. The molecule has 0 unspecified atom stereocenters. The van der Waals surface area contributed by atoms with Crippen LogP contribution in [-0.2, 0) is 20.9 Å². The Morgan fingerprint density at radius 3 is 2.37 bits per heavy atom. The van der Waals surface area contributed by atoms with Crippen LogP contribution in [0.3, 0.4) is 0 Å². The first kappa shape index (κ1) is 18.6. The summed E-state index contributed by atoms with van der Waals surface area (Å²) in [6.07, 6.45) is 0.239. The molecule has 2 N–H and O–H groups in total. The highest BCUT2D eigenvalue weighted by molar-refractivity contribution is 5.87. The predicted molar refractivity (Wildman–Crippen MR) is 106 cm³/mol. The lowest BCUT2D eigenvalue weighted by atomic mass is 9.92. The first-order valence-electron chi connectivity index (χ1n) is 9.00. The molecule has 0 aliphatic rings. The Bertz CT molecular complexity index is 950. The molecule has 1 amide bonds. The van der Waals surface area contributed by atoms with E-state index in [1.807, 2.05) is 67.6 Å². The zero-order valence-electron chi connectivity index (χ0n) is 15.4. The number of ether oxygens (including phenoxy) is 1. The van der Waals surface area contributed by atoms with Crippen molar-refractivity contribution in [2.75, 3.05) is 0 Å². The van der Waals surface area contributed by atoms with Gasteiger partial charge in [0.1, 0.15) is 6.61 Å². The number of aryl methyl sites for hydroxylation is 1. The lowest BCUT2D eigenvalue weighted by molar-refractivity contribution is -0.145. The number of carbonyl (C=O) groups is 2. The summed E-state index contributed by atoms with van der Waals surface area (Å²) in [7, 11) is 0. The van der Waals surface area contributed by atoms with Gasteiger partial charge in [0.05, 0.1) is 6.42 Å². The number of hydrogen-bond acceptors (Lipinski definition) is 3. The third-order valence-corrected chi connectivity index (χ3v) is 4.78. The number of fused-ring (bicyclic) bond motifs is 1. The summed E-state index contributed by atoms with van der Waals surface area (Å²) >= 11 is 0. The molecule has 0 spiro atoms. The third kappa shape index (κ3) is 4.73. The van der Waals surface area contributed by atoms with Gasteiger partial charge in [-0.3, -0.25) is 9.59 Å². The van der Waals surface area contributed by atoms with Crippen LogP contribution >= 0.6 is 0 Å². The Kier molecular flexibility index (Phi) is 5.87. The van der Waals surface area contributed by atoms with Crippen LogP contribution < -0.4 is 5.73 Å². The first-order chi connectivity index (χ1) is 13.0. The number of nitrogens with two attached hydrogens (primary N) is 1. The third-order valence-electron chi connectivity index (χ3n) is 4.78. The van der Waals surface area contributed by atoms with Crippen molar-refractivity contribution in [3.63, 3.8) is 0 Å². The van der Waals surface area contributed by atoms with E-state index < -0.39 is 5.91 Å². The van der Waals surface area contributed by atoms with Crippen LogP contribution in [0.5, 0.6) is 0 Å².